The molecule has 0 unspecified atom stereocenters. The maximum absolute atomic E-state index is 5.51. The molecule has 1 aliphatic rings. The summed E-state index contributed by atoms with van der Waals surface area (Å²) in [6.45, 7) is 7.21. The number of nitrogens with two attached hydrogens (primary N) is 1. The number of piperidine rings is 1. The summed E-state index contributed by atoms with van der Waals surface area (Å²) in [5.74, 6) is 0.977. The van der Waals surface area contributed by atoms with Crippen molar-refractivity contribution in [3.63, 3.8) is 0 Å². The molecule has 0 bridgehead atoms. The highest BCUT2D eigenvalue weighted by Gasteiger charge is 2.26. The van der Waals surface area contributed by atoms with E-state index in [-0.39, 0.29) is 0 Å². The van der Waals surface area contributed by atoms with Crippen LogP contribution in [0.3, 0.4) is 0 Å². The quantitative estimate of drug-likeness (QED) is 0.822. The zero-order valence-electron chi connectivity index (χ0n) is 10.1. The number of anilines is 1. The van der Waals surface area contributed by atoms with Gasteiger partial charge in [0.15, 0.2) is 0 Å². The normalized spacial score (nSPS) is 19.8. The van der Waals surface area contributed by atoms with Gasteiger partial charge in [0.25, 0.3) is 0 Å². The molecule has 4 heteroatoms. The van der Waals surface area contributed by atoms with Crippen molar-refractivity contribution in [3.05, 3.63) is 18.1 Å². The summed E-state index contributed by atoms with van der Waals surface area (Å²) in [7, 11) is 0. The van der Waals surface area contributed by atoms with Crippen LogP contribution in [0.5, 0.6) is 0 Å². The van der Waals surface area contributed by atoms with Crippen LogP contribution in [0.15, 0.2) is 12.4 Å². The fourth-order valence-electron chi connectivity index (χ4n) is 2.24. The molecule has 0 atom stereocenters. The van der Waals surface area contributed by atoms with Crippen molar-refractivity contribution in [1.82, 2.24) is 9.97 Å². The van der Waals surface area contributed by atoms with E-state index in [0.29, 0.717) is 12.0 Å². The van der Waals surface area contributed by atoms with Crippen molar-refractivity contribution in [2.45, 2.75) is 33.2 Å². The molecule has 1 aromatic heterocycles. The first-order valence-electron chi connectivity index (χ1n) is 5.87. The van der Waals surface area contributed by atoms with Gasteiger partial charge in [0.2, 0.25) is 0 Å². The molecule has 1 saturated heterocycles. The summed E-state index contributed by atoms with van der Waals surface area (Å²) < 4.78 is 0. The van der Waals surface area contributed by atoms with E-state index in [0.717, 1.165) is 24.6 Å². The number of nitrogens with zero attached hydrogens (tertiary/aromatic N) is 3. The average Bonchev–Trinajstić information content (AvgIpc) is 2.28. The molecule has 0 aromatic carbocycles. The minimum Gasteiger partial charge on any atom is -0.355 e. The van der Waals surface area contributed by atoms with E-state index in [1.807, 2.05) is 6.20 Å². The smallest absolute Gasteiger partial charge is 0.147 e. The highest BCUT2D eigenvalue weighted by atomic mass is 15.2. The minimum absolute atomic E-state index is 0.381. The van der Waals surface area contributed by atoms with Gasteiger partial charge in [0.05, 0.1) is 18.1 Å². The monoisotopic (exact) mass is 220 g/mol. The van der Waals surface area contributed by atoms with Crippen molar-refractivity contribution in [2.24, 2.45) is 11.1 Å². The lowest BCUT2D eigenvalue weighted by molar-refractivity contribution is 0.292. The first-order valence-corrected chi connectivity index (χ1v) is 5.87. The Morgan fingerprint density at radius 3 is 2.75 bits per heavy atom. The standard InChI is InChI=1S/C12H20N4/c1-12(2)4-3-5-16(9-12)11-8-14-10(6-13)7-15-11/h7-8H,3-6,9,13H2,1-2H3. The van der Waals surface area contributed by atoms with Crippen LogP contribution in [0.25, 0.3) is 0 Å². The Morgan fingerprint density at radius 1 is 1.38 bits per heavy atom. The molecule has 4 nitrogen and oxygen atoms in total. The first kappa shape index (κ1) is 11.3. The van der Waals surface area contributed by atoms with Crippen molar-refractivity contribution >= 4 is 5.82 Å². The molecule has 0 amide bonds. The van der Waals surface area contributed by atoms with Crippen molar-refractivity contribution in [3.8, 4) is 0 Å². The van der Waals surface area contributed by atoms with Crippen LogP contribution < -0.4 is 10.6 Å². The Balaban J connectivity index is 2.11. The van der Waals surface area contributed by atoms with Gasteiger partial charge in [-0.25, -0.2) is 4.98 Å². The van der Waals surface area contributed by atoms with Crippen LogP contribution >= 0.6 is 0 Å². The maximum Gasteiger partial charge on any atom is 0.147 e. The second-order valence-corrected chi connectivity index (χ2v) is 5.26. The molecule has 0 radical (unpaired) electrons. The predicted octanol–water partition coefficient (Wildman–Crippen LogP) is 1.56. The summed E-state index contributed by atoms with van der Waals surface area (Å²) in [4.78, 5) is 11.0. The van der Waals surface area contributed by atoms with Crippen molar-refractivity contribution in [2.75, 3.05) is 18.0 Å². The van der Waals surface area contributed by atoms with Crippen LogP contribution in [0.4, 0.5) is 5.82 Å². The fraction of sp³-hybridized carbons (Fsp3) is 0.667. The Morgan fingerprint density at radius 2 is 2.19 bits per heavy atom. The number of hydrogen-bond donors (Lipinski definition) is 1. The second-order valence-electron chi connectivity index (χ2n) is 5.26. The van der Waals surface area contributed by atoms with E-state index >= 15 is 0 Å². The Bertz CT molecular complexity index is 345. The summed E-state index contributed by atoms with van der Waals surface area (Å²) >= 11 is 0. The third-order valence-corrected chi connectivity index (χ3v) is 3.13. The lowest BCUT2D eigenvalue weighted by Gasteiger charge is -2.38. The van der Waals surface area contributed by atoms with E-state index in [4.69, 9.17) is 5.73 Å². The van der Waals surface area contributed by atoms with Crippen LogP contribution in [-0.4, -0.2) is 23.1 Å². The number of aromatic nitrogens is 2. The maximum atomic E-state index is 5.51. The van der Waals surface area contributed by atoms with Gasteiger partial charge >= 0.3 is 0 Å². The van der Waals surface area contributed by atoms with Gasteiger partial charge in [0.1, 0.15) is 5.82 Å². The molecule has 16 heavy (non-hydrogen) atoms. The minimum atomic E-state index is 0.381. The number of hydrogen-bond acceptors (Lipinski definition) is 4. The molecule has 2 N–H and O–H groups in total. The Labute approximate surface area is 96.9 Å². The predicted molar refractivity (Wildman–Crippen MR) is 65.2 cm³/mol. The zero-order valence-corrected chi connectivity index (χ0v) is 10.1. The van der Waals surface area contributed by atoms with Gasteiger partial charge in [-0.1, -0.05) is 13.8 Å². The molecular formula is C12H20N4. The average molecular weight is 220 g/mol. The van der Waals surface area contributed by atoms with E-state index in [1.165, 1.54) is 12.8 Å². The molecule has 0 spiro atoms. The highest BCUT2D eigenvalue weighted by molar-refractivity contribution is 5.36. The van der Waals surface area contributed by atoms with Crippen LogP contribution in [0, 0.1) is 5.41 Å². The van der Waals surface area contributed by atoms with E-state index in [1.54, 1.807) is 6.20 Å². The van der Waals surface area contributed by atoms with E-state index < -0.39 is 0 Å². The molecule has 0 aliphatic carbocycles. The molecule has 1 aliphatic heterocycles. The molecule has 2 heterocycles. The summed E-state index contributed by atoms with van der Waals surface area (Å²) in [5, 5.41) is 0. The Kier molecular flexibility index (Phi) is 3.10. The molecule has 2 rings (SSSR count). The lowest BCUT2D eigenvalue weighted by atomic mass is 9.84. The van der Waals surface area contributed by atoms with Gasteiger partial charge in [0, 0.05) is 19.6 Å². The molecule has 0 saturated carbocycles. The molecule has 1 fully saturated rings. The fourth-order valence-corrected chi connectivity index (χ4v) is 2.24. The van der Waals surface area contributed by atoms with Crippen LogP contribution in [0.1, 0.15) is 32.4 Å². The van der Waals surface area contributed by atoms with Gasteiger partial charge in [-0.15, -0.1) is 0 Å². The zero-order chi connectivity index (χ0) is 11.6. The first-order chi connectivity index (χ1) is 7.61. The van der Waals surface area contributed by atoms with Gasteiger partial charge in [-0.3, -0.25) is 4.98 Å². The van der Waals surface area contributed by atoms with E-state index in [9.17, 15) is 0 Å². The third kappa shape index (κ3) is 2.50. The molecule has 1 aromatic rings. The third-order valence-electron chi connectivity index (χ3n) is 3.13. The number of rotatable bonds is 2. The summed E-state index contributed by atoms with van der Waals surface area (Å²) in [6.07, 6.45) is 6.13. The second kappa shape index (κ2) is 4.37. The Hall–Kier alpha value is -1.16. The van der Waals surface area contributed by atoms with Crippen LogP contribution in [0.2, 0.25) is 0 Å². The molecule has 88 valence electrons. The van der Waals surface area contributed by atoms with Gasteiger partial charge in [-0.05, 0) is 18.3 Å². The largest absolute Gasteiger partial charge is 0.355 e. The lowest BCUT2D eigenvalue weighted by Crippen LogP contribution is -2.40. The van der Waals surface area contributed by atoms with Crippen LogP contribution in [-0.2, 0) is 6.54 Å². The molecular weight excluding hydrogens is 200 g/mol. The van der Waals surface area contributed by atoms with Crippen molar-refractivity contribution < 1.29 is 0 Å². The highest BCUT2D eigenvalue weighted by Crippen LogP contribution is 2.30. The van der Waals surface area contributed by atoms with Crippen molar-refractivity contribution in [1.29, 1.82) is 0 Å². The van der Waals surface area contributed by atoms with E-state index in [2.05, 4.69) is 28.7 Å². The van der Waals surface area contributed by atoms with Gasteiger partial charge < -0.3 is 10.6 Å². The summed E-state index contributed by atoms with van der Waals surface area (Å²) in [6, 6.07) is 0. The SMILES string of the molecule is CC1(C)CCCN(c2cnc(CN)cn2)C1. The van der Waals surface area contributed by atoms with Gasteiger partial charge in [-0.2, -0.15) is 0 Å². The topological polar surface area (TPSA) is 55.0 Å². The summed E-state index contributed by atoms with van der Waals surface area (Å²) in [5.41, 5.74) is 6.73.